The van der Waals surface area contributed by atoms with Crippen molar-refractivity contribution >= 4 is 22.8 Å². The number of hydroxylamine groups is 1. The lowest BCUT2D eigenvalue weighted by molar-refractivity contribution is -0.135. The Morgan fingerprint density at radius 1 is 1.17 bits per heavy atom. The third-order valence-electron chi connectivity index (χ3n) is 4.74. The second-order valence-corrected chi connectivity index (χ2v) is 8.26. The third-order valence-corrected chi connectivity index (χ3v) is 4.74. The van der Waals surface area contributed by atoms with Crippen molar-refractivity contribution in [3.8, 4) is 5.75 Å². The maximum atomic E-state index is 13.0. The van der Waals surface area contributed by atoms with Crippen LogP contribution in [-0.4, -0.2) is 34.1 Å². The number of hydrogen-bond donors (Lipinski definition) is 4. The first kappa shape index (κ1) is 22.7. The summed E-state index contributed by atoms with van der Waals surface area (Å²) < 4.78 is 5.26. The van der Waals surface area contributed by atoms with Crippen LogP contribution < -0.4 is 15.5 Å². The van der Waals surface area contributed by atoms with E-state index >= 15 is 0 Å². The molecule has 1 aromatic carbocycles. The summed E-state index contributed by atoms with van der Waals surface area (Å²) in [5.74, 6) is 0.649. The van der Waals surface area contributed by atoms with Gasteiger partial charge in [0.1, 0.15) is 11.6 Å². The van der Waals surface area contributed by atoms with Crippen molar-refractivity contribution < 1.29 is 19.5 Å². The third kappa shape index (κ3) is 6.45. The summed E-state index contributed by atoms with van der Waals surface area (Å²) in [6.07, 6.45) is 1.18. The zero-order chi connectivity index (χ0) is 21.6. The average Bonchev–Trinajstić information content (AvgIpc) is 3.09. The molecule has 1 heterocycles. The molecule has 0 spiro atoms. The van der Waals surface area contributed by atoms with Gasteiger partial charge < -0.3 is 15.0 Å². The van der Waals surface area contributed by atoms with E-state index in [-0.39, 0.29) is 24.3 Å². The maximum absolute atomic E-state index is 13.0. The van der Waals surface area contributed by atoms with E-state index in [4.69, 9.17) is 9.94 Å². The minimum absolute atomic E-state index is 0.0633. The van der Waals surface area contributed by atoms with Gasteiger partial charge in [-0.05, 0) is 36.8 Å². The lowest BCUT2D eigenvalue weighted by Gasteiger charge is -2.23. The smallest absolute Gasteiger partial charge is 0.244 e. The molecule has 2 aromatic rings. The molecule has 0 saturated carbocycles. The highest BCUT2D eigenvalue weighted by Crippen LogP contribution is 2.26. The Bertz CT molecular complexity index is 831. The van der Waals surface area contributed by atoms with Crippen molar-refractivity contribution in [2.75, 3.05) is 7.11 Å². The molecule has 0 bridgehead atoms. The van der Waals surface area contributed by atoms with E-state index in [0.29, 0.717) is 24.6 Å². The van der Waals surface area contributed by atoms with E-state index in [9.17, 15) is 9.59 Å². The van der Waals surface area contributed by atoms with Crippen LogP contribution in [-0.2, 0) is 9.59 Å². The molecule has 29 heavy (non-hydrogen) atoms. The van der Waals surface area contributed by atoms with Gasteiger partial charge in [-0.15, -0.1) is 0 Å². The Morgan fingerprint density at radius 2 is 1.86 bits per heavy atom. The Balaban J connectivity index is 2.26. The number of hydrogen-bond acceptors (Lipinski definition) is 5. The van der Waals surface area contributed by atoms with Crippen molar-refractivity contribution in [1.29, 1.82) is 0 Å². The van der Waals surface area contributed by atoms with Crippen molar-refractivity contribution in [2.24, 2.45) is 17.8 Å². The Kier molecular flexibility index (Phi) is 8.01. The summed E-state index contributed by atoms with van der Waals surface area (Å²) in [6.45, 7) is 8.15. The summed E-state index contributed by atoms with van der Waals surface area (Å²) in [6, 6.07) is 5.27. The van der Waals surface area contributed by atoms with E-state index < -0.39 is 11.8 Å². The summed E-state index contributed by atoms with van der Waals surface area (Å²) >= 11 is 0. The summed E-state index contributed by atoms with van der Waals surface area (Å²) in [4.78, 5) is 32.6. The topological polar surface area (TPSA) is 116 Å². The quantitative estimate of drug-likeness (QED) is 0.358. The lowest BCUT2D eigenvalue weighted by Crippen LogP contribution is -2.38. The van der Waals surface area contributed by atoms with Crippen LogP contribution in [0.3, 0.4) is 0 Å². The molecule has 1 aromatic heterocycles. The summed E-state index contributed by atoms with van der Waals surface area (Å²) in [5, 5.41) is 11.9. The maximum Gasteiger partial charge on any atom is 0.244 e. The van der Waals surface area contributed by atoms with E-state index in [1.54, 1.807) is 12.6 Å². The number of fused-ring (bicyclic) bond motifs is 1. The van der Waals surface area contributed by atoms with Gasteiger partial charge in [-0.2, -0.15) is 0 Å². The van der Waals surface area contributed by atoms with Crippen molar-refractivity contribution in [3.63, 3.8) is 0 Å². The van der Waals surface area contributed by atoms with Crippen LogP contribution in [0.1, 0.15) is 58.8 Å². The molecule has 0 unspecified atom stereocenters. The Morgan fingerprint density at radius 3 is 2.45 bits per heavy atom. The molecule has 0 fully saturated rings. The standard InChI is InChI=1S/C21H32N4O4/c1-12(2)8-14(10-19(26)25-28)21(27)24-18(9-13(3)4)20-22-16-7-6-15(29-5)11-17(16)23-20/h6-7,11-14,18,28H,8-10H2,1-5H3,(H,22,23)(H,24,27)(H,25,26)/t14-,18+/m1/s1. The van der Waals surface area contributed by atoms with Crippen LogP contribution >= 0.6 is 0 Å². The van der Waals surface area contributed by atoms with E-state index in [1.807, 2.05) is 32.0 Å². The van der Waals surface area contributed by atoms with Gasteiger partial charge in [-0.1, -0.05) is 27.7 Å². The normalized spacial score (nSPS) is 13.5. The lowest BCUT2D eigenvalue weighted by atomic mass is 9.92. The predicted molar refractivity (Wildman–Crippen MR) is 110 cm³/mol. The molecule has 160 valence electrons. The van der Waals surface area contributed by atoms with Crippen LogP contribution in [0.4, 0.5) is 0 Å². The zero-order valence-corrected chi connectivity index (χ0v) is 17.8. The fraction of sp³-hybridized carbons (Fsp3) is 0.571. The van der Waals surface area contributed by atoms with Gasteiger partial charge in [-0.3, -0.25) is 14.8 Å². The minimum Gasteiger partial charge on any atom is -0.497 e. The zero-order valence-electron chi connectivity index (χ0n) is 17.8. The number of carbonyl (C=O) groups is 2. The molecular formula is C21H32N4O4. The van der Waals surface area contributed by atoms with Crippen LogP contribution in [0, 0.1) is 17.8 Å². The van der Waals surface area contributed by atoms with Gasteiger partial charge in [0.2, 0.25) is 11.8 Å². The number of aromatic nitrogens is 2. The number of ether oxygens (including phenoxy) is 1. The van der Waals surface area contributed by atoms with Crippen molar-refractivity contribution in [2.45, 2.75) is 53.0 Å². The van der Waals surface area contributed by atoms with Gasteiger partial charge in [0.05, 0.1) is 24.2 Å². The molecule has 2 rings (SSSR count). The van der Waals surface area contributed by atoms with Crippen LogP contribution in [0.25, 0.3) is 11.0 Å². The van der Waals surface area contributed by atoms with Crippen LogP contribution in [0.15, 0.2) is 18.2 Å². The molecule has 0 aliphatic heterocycles. The molecular weight excluding hydrogens is 372 g/mol. The second-order valence-electron chi connectivity index (χ2n) is 8.26. The number of nitrogens with zero attached hydrogens (tertiary/aromatic N) is 1. The average molecular weight is 405 g/mol. The van der Waals surface area contributed by atoms with Crippen LogP contribution in [0.5, 0.6) is 5.75 Å². The van der Waals surface area contributed by atoms with Gasteiger partial charge in [0, 0.05) is 18.4 Å². The fourth-order valence-electron chi connectivity index (χ4n) is 3.42. The molecule has 4 N–H and O–H groups in total. The molecule has 0 aliphatic carbocycles. The van der Waals surface area contributed by atoms with Crippen molar-refractivity contribution in [3.05, 3.63) is 24.0 Å². The Labute approximate surface area is 171 Å². The molecule has 8 nitrogen and oxygen atoms in total. The first-order valence-electron chi connectivity index (χ1n) is 10.00. The van der Waals surface area contributed by atoms with Gasteiger partial charge in [0.25, 0.3) is 0 Å². The van der Waals surface area contributed by atoms with Crippen LogP contribution in [0.2, 0.25) is 0 Å². The largest absolute Gasteiger partial charge is 0.497 e. The summed E-state index contributed by atoms with van der Waals surface area (Å²) in [5.41, 5.74) is 3.25. The highest BCUT2D eigenvalue weighted by Gasteiger charge is 2.27. The Hall–Kier alpha value is -2.61. The second kappa shape index (κ2) is 10.2. The minimum atomic E-state index is -0.568. The van der Waals surface area contributed by atoms with E-state index in [0.717, 1.165) is 16.8 Å². The first-order valence-corrected chi connectivity index (χ1v) is 10.00. The fourth-order valence-corrected chi connectivity index (χ4v) is 3.42. The molecule has 8 heteroatoms. The van der Waals surface area contributed by atoms with E-state index in [1.165, 1.54) is 0 Å². The number of imidazole rings is 1. The number of rotatable bonds is 10. The molecule has 2 atom stereocenters. The molecule has 0 aliphatic rings. The van der Waals surface area contributed by atoms with E-state index in [2.05, 4.69) is 29.1 Å². The first-order chi connectivity index (χ1) is 13.7. The highest BCUT2D eigenvalue weighted by molar-refractivity contribution is 5.85. The highest BCUT2D eigenvalue weighted by atomic mass is 16.5. The number of methoxy groups -OCH3 is 1. The molecule has 2 amide bonds. The number of aromatic amines is 1. The van der Waals surface area contributed by atoms with Gasteiger partial charge >= 0.3 is 0 Å². The van der Waals surface area contributed by atoms with Gasteiger partial charge in [-0.25, -0.2) is 10.5 Å². The predicted octanol–water partition coefficient (Wildman–Crippen LogP) is 3.33. The number of H-pyrrole nitrogens is 1. The number of amides is 2. The number of carbonyl (C=O) groups excluding carboxylic acids is 2. The SMILES string of the molecule is COc1ccc2nc([C@H](CC(C)C)NC(=O)[C@@H](CC(=O)NO)CC(C)C)[nH]c2c1. The molecule has 0 saturated heterocycles. The number of benzene rings is 1. The molecule has 0 radical (unpaired) electrons. The van der Waals surface area contributed by atoms with Gasteiger partial charge in [0.15, 0.2) is 0 Å². The number of nitrogens with one attached hydrogen (secondary N) is 3. The monoisotopic (exact) mass is 404 g/mol. The van der Waals surface area contributed by atoms with Crippen molar-refractivity contribution in [1.82, 2.24) is 20.8 Å². The summed E-state index contributed by atoms with van der Waals surface area (Å²) in [7, 11) is 1.61.